The van der Waals surface area contributed by atoms with E-state index >= 15 is 0 Å². The average Bonchev–Trinajstić information content (AvgIpc) is 3.30. The fourth-order valence-corrected chi connectivity index (χ4v) is 4.67. The summed E-state index contributed by atoms with van der Waals surface area (Å²) in [7, 11) is 1.72. The topological polar surface area (TPSA) is 65.2 Å². The van der Waals surface area contributed by atoms with Gasteiger partial charge in [-0.15, -0.1) is 0 Å². The van der Waals surface area contributed by atoms with Crippen LogP contribution >= 0.6 is 0 Å². The van der Waals surface area contributed by atoms with Crippen LogP contribution in [-0.2, 0) is 7.05 Å². The Morgan fingerprint density at radius 2 is 1.69 bits per heavy atom. The Morgan fingerprint density at radius 1 is 1.03 bits per heavy atom. The first kappa shape index (κ1) is 17.7. The predicted octanol–water partition coefficient (Wildman–Crippen LogP) is 2.52. The maximum Gasteiger partial charge on any atom is 0.252 e. The zero-order chi connectivity index (χ0) is 20.1. The highest BCUT2D eigenvalue weighted by Gasteiger charge is 2.40. The van der Waals surface area contributed by atoms with Crippen molar-refractivity contribution in [2.45, 2.75) is 0 Å². The van der Waals surface area contributed by atoms with E-state index in [1.165, 1.54) is 12.1 Å². The number of fused-ring (bicyclic) bond motifs is 2. The van der Waals surface area contributed by atoms with E-state index in [0.29, 0.717) is 23.0 Å². The molecule has 29 heavy (non-hydrogen) atoms. The molecule has 1 aromatic carbocycles. The fraction of sp³-hybridized carbons (Fsp3) is 0.318. The van der Waals surface area contributed by atoms with Crippen LogP contribution in [0.3, 0.4) is 0 Å². The van der Waals surface area contributed by atoms with E-state index in [9.17, 15) is 14.4 Å². The van der Waals surface area contributed by atoms with Crippen LogP contribution in [0.15, 0.2) is 47.3 Å². The van der Waals surface area contributed by atoms with E-state index in [1.807, 2.05) is 12.1 Å². The third-order valence-corrected chi connectivity index (χ3v) is 6.20. The zero-order valence-corrected chi connectivity index (χ0v) is 16.0. The number of anilines is 2. The van der Waals surface area contributed by atoms with E-state index in [0.717, 1.165) is 43.1 Å². The Kier molecular flexibility index (Phi) is 4.02. The summed E-state index contributed by atoms with van der Waals surface area (Å²) in [4.78, 5) is 21.5. The molecule has 4 heterocycles. The van der Waals surface area contributed by atoms with Gasteiger partial charge in [0, 0.05) is 56.8 Å². The number of aromatic nitrogens is 2. The van der Waals surface area contributed by atoms with E-state index in [2.05, 4.69) is 20.9 Å². The molecule has 0 saturated carbocycles. The second-order valence-corrected chi connectivity index (χ2v) is 7.91. The molecule has 3 aromatic rings. The highest BCUT2D eigenvalue weighted by atomic mass is 19.1. The van der Waals surface area contributed by atoms with Crippen molar-refractivity contribution in [1.82, 2.24) is 9.55 Å². The van der Waals surface area contributed by atoms with Crippen LogP contribution in [0, 0.1) is 29.0 Å². The van der Waals surface area contributed by atoms with E-state index in [-0.39, 0.29) is 11.4 Å². The molecule has 0 N–H and O–H groups in total. The van der Waals surface area contributed by atoms with Gasteiger partial charge in [0.2, 0.25) is 0 Å². The predicted molar refractivity (Wildman–Crippen MR) is 110 cm³/mol. The Labute approximate surface area is 167 Å². The second-order valence-electron chi connectivity index (χ2n) is 7.91. The van der Waals surface area contributed by atoms with Crippen molar-refractivity contribution in [1.29, 1.82) is 5.26 Å². The van der Waals surface area contributed by atoms with Crippen molar-refractivity contribution in [3.05, 3.63) is 64.3 Å². The second kappa shape index (κ2) is 6.59. The molecule has 2 aromatic heterocycles. The Balaban J connectivity index is 1.44. The van der Waals surface area contributed by atoms with E-state index < -0.39 is 0 Å². The summed E-state index contributed by atoms with van der Waals surface area (Å²) in [5, 5.41) is 9.24. The first-order chi connectivity index (χ1) is 14.0. The summed E-state index contributed by atoms with van der Waals surface area (Å²) < 4.78 is 14.8. The van der Waals surface area contributed by atoms with Gasteiger partial charge >= 0.3 is 0 Å². The zero-order valence-electron chi connectivity index (χ0n) is 16.0. The van der Waals surface area contributed by atoms with Gasteiger partial charge in [-0.3, -0.25) is 4.79 Å². The van der Waals surface area contributed by atoms with Crippen LogP contribution in [0.1, 0.15) is 5.69 Å². The van der Waals surface area contributed by atoms with Crippen LogP contribution in [0.5, 0.6) is 0 Å². The van der Waals surface area contributed by atoms with Gasteiger partial charge < -0.3 is 14.4 Å². The monoisotopic (exact) mass is 389 g/mol. The summed E-state index contributed by atoms with van der Waals surface area (Å²) in [6, 6.07) is 13.8. The number of pyridine rings is 2. The quantitative estimate of drug-likeness (QED) is 0.674. The highest BCUT2D eigenvalue weighted by molar-refractivity contribution is 5.88. The van der Waals surface area contributed by atoms with Crippen LogP contribution in [0.25, 0.3) is 11.0 Å². The molecule has 0 bridgehead atoms. The van der Waals surface area contributed by atoms with Crippen molar-refractivity contribution in [3.8, 4) is 6.07 Å². The lowest BCUT2D eigenvalue weighted by Gasteiger charge is -2.25. The molecule has 0 radical (unpaired) electrons. The number of nitrogens with zero attached hydrogens (tertiary/aromatic N) is 5. The number of hydrogen-bond donors (Lipinski definition) is 0. The molecule has 2 aliphatic heterocycles. The van der Waals surface area contributed by atoms with Gasteiger partial charge in [-0.2, -0.15) is 5.26 Å². The summed E-state index contributed by atoms with van der Waals surface area (Å²) in [5.41, 5.74) is 3.55. The molecular weight excluding hydrogens is 369 g/mol. The minimum Gasteiger partial charge on any atom is -0.371 e. The standard InChI is InChI=1S/C22H20FN5O/c1-26-19-7-4-17(9-24)25-22(19)20(8-21(26)29)28-12-14-10-27(11-15(14)13-28)18-5-2-16(23)3-6-18/h2-8,14-15H,10-13H2,1H3/t14-,15-/m1/s1. The van der Waals surface area contributed by atoms with Crippen molar-refractivity contribution in [3.63, 3.8) is 0 Å². The third-order valence-electron chi connectivity index (χ3n) is 6.20. The average molecular weight is 389 g/mol. The van der Waals surface area contributed by atoms with Gasteiger partial charge in [0.15, 0.2) is 0 Å². The van der Waals surface area contributed by atoms with Crippen LogP contribution in [-0.4, -0.2) is 35.7 Å². The molecular formula is C22H20FN5O. The normalized spacial score (nSPS) is 20.9. The van der Waals surface area contributed by atoms with Crippen molar-refractivity contribution in [2.75, 3.05) is 36.0 Å². The number of aryl methyl sites for hydroxylation is 1. The summed E-state index contributed by atoms with van der Waals surface area (Å²) in [6.45, 7) is 3.49. The highest BCUT2D eigenvalue weighted by Crippen LogP contribution is 2.37. The molecule has 5 rings (SSSR count). The number of benzene rings is 1. The summed E-state index contributed by atoms with van der Waals surface area (Å²) in [5.74, 6) is 0.720. The van der Waals surface area contributed by atoms with Crippen molar-refractivity contribution >= 4 is 22.4 Å². The number of nitriles is 1. The lowest BCUT2D eigenvalue weighted by Crippen LogP contribution is -2.30. The first-order valence-corrected chi connectivity index (χ1v) is 9.70. The molecule has 2 fully saturated rings. The molecule has 7 heteroatoms. The molecule has 2 aliphatic rings. The fourth-order valence-electron chi connectivity index (χ4n) is 4.67. The third kappa shape index (κ3) is 2.92. The summed E-state index contributed by atoms with van der Waals surface area (Å²) in [6.07, 6.45) is 0. The molecule has 2 saturated heterocycles. The molecule has 0 aliphatic carbocycles. The molecule has 0 amide bonds. The van der Waals surface area contributed by atoms with E-state index in [1.54, 1.807) is 29.8 Å². The molecule has 0 spiro atoms. The molecule has 0 unspecified atom stereocenters. The summed E-state index contributed by atoms with van der Waals surface area (Å²) >= 11 is 0. The SMILES string of the molecule is Cn1c(=O)cc(N2C[C@H]3CN(c4ccc(F)cc4)C[C@@H]3C2)c2nc(C#N)ccc21. The van der Waals surface area contributed by atoms with Gasteiger partial charge in [0.25, 0.3) is 5.56 Å². The lowest BCUT2D eigenvalue weighted by atomic mass is 10.0. The molecule has 146 valence electrons. The minimum absolute atomic E-state index is 0.0796. The van der Waals surface area contributed by atoms with Gasteiger partial charge in [0.05, 0.1) is 11.2 Å². The molecule has 2 atom stereocenters. The number of hydrogen-bond acceptors (Lipinski definition) is 5. The number of rotatable bonds is 2. The van der Waals surface area contributed by atoms with Gasteiger partial charge in [-0.25, -0.2) is 9.37 Å². The number of halogens is 1. The minimum atomic E-state index is -0.221. The molecule has 6 nitrogen and oxygen atoms in total. The Hall–Kier alpha value is -3.40. The van der Waals surface area contributed by atoms with Crippen LogP contribution < -0.4 is 15.4 Å². The van der Waals surface area contributed by atoms with Crippen molar-refractivity contribution in [2.24, 2.45) is 18.9 Å². The Bertz CT molecular complexity index is 1180. The van der Waals surface area contributed by atoms with Gasteiger partial charge in [0.1, 0.15) is 23.1 Å². The van der Waals surface area contributed by atoms with Gasteiger partial charge in [-0.05, 0) is 36.4 Å². The largest absolute Gasteiger partial charge is 0.371 e. The van der Waals surface area contributed by atoms with Crippen LogP contribution in [0.4, 0.5) is 15.8 Å². The smallest absolute Gasteiger partial charge is 0.252 e. The lowest BCUT2D eigenvalue weighted by molar-refractivity contribution is 0.533. The van der Waals surface area contributed by atoms with Gasteiger partial charge in [-0.1, -0.05) is 0 Å². The van der Waals surface area contributed by atoms with E-state index in [4.69, 9.17) is 0 Å². The van der Waals surface area contributed by atoms with Crippen LogP contribution in [0.2, 0.25) is 0 Å². The Morgan fingerprint density at radius 3 is 2.34 bits per heavy atom. The van der Waals surface area contributed by atoms with Crippen molar-refractivity contribution < 1.29 is 4.39 Å². The maximum atomic E-state index is 13.2. The maximum absolute atomic E-state index is 13.2. The first-order valence-electron chi connectivity index (χ1n) is 9.70.